The van der Waals surface area contributed by atoms with Crippen molar-refractivity contribution >= 4 is 33.5 Å². The van der Waals surface area contributed by atoms with Crippen LogP contribution in [-0.4, -0.2) is 25.2 Å². The van der Waals surface area contributed by atoms with Crippen molar-refractivity contribution in [2.75, 3.05) is 13.2 Å². The minimum Gasteiger partial charge on any atom is -0.466 e. The first-order valence-electron chi connectivity index (χ1n) is 13.4. The van der Waals surface area contributed by atoms with Gasteiger partial charge in [-0.3, -0.25) is 9.59 Å². The van der Waals surface area contributed by atoms with Gasteiger partial charge in [0.25, 0.3) is 0 Å². The Kier molecular flexibility index (Phi) is 9.16. The number of rotatable bonds is 12. The minimum absolute atomic E-state index is 0.0208. The summed E-state index contributed by atoms with van der Waals surface area (Å²) in [7, 11) is 0. The lowest BCUT2D eigenvalue weighted by Crippen LogP contribution is -2.18. The van der Waals surface area contributed by atoms with Crippen LogP contribution in [0.5, 0.6) is 0 Å². The fraction of sp³-hybridized carbons (Fsp3) is 0.500. The van der Waals surface area contributed by atoms with Gasteiger partial charge >= 0.3 is 11.9 Å². The van der Waals surface area contributed by atoms with Crippen molar-refractivity contribution in [3.63, 3.8) is 0 Å². The van der Waals surface area contributed by atoms with Crippen molar-refractivity contribution in [3.8, 4) is 0 Å². The van der Waals surface area contributed by atoms with E-state index in [1.165, 1.54) is 32.7 Å². The zero-order valence-electron chi connectivity index (χ0n) is 22.9. The third kappa shape index (κ3) is 7.09. The first-order valence-corrected chi connectivity index (χ1v) is 13.4. The molecule has 3 rings (SSSR count). The fourth-order valence-corrected chi connectivity index (χ4v) is 4.94. The van der Waals surface area contributed by atoms with Crippen LogP contribution in [0.2, 0.25) is 0 Å². The number of ether oxygens (including phenoxy) is 2. The van der Waals surface area contributed by atoms with E-state index in [9.17, 15) is 9.59 Å². The van der Waals surface area contributed by atoms with Gasteiger partial charge in [-0.2, -0.15) is 0 Å². The summed E-state index contributed by atoms with van der Waals surface area (Å²) in [6, 6.07) is 18.0. The maximum atomic E-state index is 11.7. The Balaban J connectivity index is 1.77. The summed E-state index contributed by atoms with van der Waals surface area (Å²) in [4.78, 5) is 23.4. The molecule has 0 spiro atoms. The van der Waals surface area contributed by atoms with Crippen LogP contribution in [0.1, 0.15) is 91.2 Å². The van der Waals surface area contributed by atoms with Gasteiger partial charge in [0.05, 0.1) is 13.2 Å². The second-order valence-electron chi connectivity index (χ2n) is 11.1. The van der Waals surface area contributed by atoms with E-state index >= 15 is 0 Å². The molecule has 0 aliphatic carbocycles. The number of benzene rings is 3. The third-order valence-electron chi connectivity index (χ3n) is 7.33. The van der Waals surface area contributed by atoms with E-state index in [-0.39, 0.29) is 22.8 Å². The quantitative estimate of drug-likeness (QED) is 0.191. The second kappa shape index (κ2) is 11.9. The zero-order valence-corrected chi connectivity index (χ0v) is 22.9. The number of carbonyl (C=O) groups excluding carboxylic acids is 2. The zero-order chi connectivity index (χ0) is 26.3. The van der Waals surface area contributed by atoms with Crippen molar-refractivity contribution in [3.05, 3.63) is 59.7 Å². The summed E-state index contributed by atoms with van der Waals surface area (Å²) in [5.41, 5.74) is 2.54. The minimum atomic E-state index is -0.111. The Hall–Kier alpha value is -2.88. The van der Waals surface area contributed by atoms with Crippen LogP contribution >= 0.6 is 0 Å². The smallest absolute Gasteiger partial charge is 0.305 e. The molecule has 0 fully saturated rings. The fourth-order valence-electron chi connectivity index (χ4n) is 4.94. The average molecular weight is 491 g/mol. The monoisotopic (exact) mass is 490 g/mol. The van der Waals surface area contributed by atoms with Crippen LogP contribution in [-0.2, 0) is 29.9 Å². The van der Waals surface area contributed by atoms with Gasteiger partial charge in [-0.05, 0) is 95.2 Å². The summed E-state index contributed by atoms with van der Waals surface area (Å²) in [5, 5.41) is 4.93. The third-order valence-corrected chi connectivity index (χ3v) is 7.33. The van der Waals surface area contributed by atoms with Crippen molar-refractivity contribution < 1.29 is 19.1 Å². The molecule has 36 heavy (non-hydrogen) atoms. The van der Waals surface area contributed by atoms with E-state index in [0.717, 1.165) is 25.7 Å². The lowest BCUT2D eigenvalue weighted by Gasteiger charge is -2.26. The molecule has 4 nitrogen and oxygen atoms in total. The van der Waals surface area contributed by atoms with Crippen molar-refractivity contribution in [1.29, 1.82) is 0 Å². The number of carbonyl (C=O) groups is 2. The number of hydrogen-bond donors (Lipinski definition) is 0. The lowest BCUT2D eigenvalue weighted by molar-refractivity contribution is -0.144. The highest BCUT2D eigenvalue weighted by molar-refractivity contribution is 5.98. The van der Waals surface area contributed by atoms with Crippen LogP contribution in [0, 0.1) is 0 Å². The Morgan fingerprint density at radius 1 is 0.611 bits per heavy atom. The molecule has 0 atom stereocenters. The summed E-state index contributed by atoms with van der Waals surface area (Å²) in [6.07, 6.45) is 4.44. The largest absolute Gasteiger partial charge is 0.466 e. The van der Waals surface area contributed by atoms with Gasteiger partial charge in [-0.15, -0.1) is 0 Å². The number of hydrogen-bond acceptors (Lipinski definition) is 4. The molecule has 3 aromatic rings. The Morgan fingerprint density at radius 2 is 1.00 bits per heavy atom. The van der Waals surface area contributed by atoms with E-state index in [1.807, 2.05) is 13.8 Å². The van der Waals surface area contributed by atoms with Gasteiger partial charge in [0, 0.05) is 12.8 Å². The molecule has 4 heteroatoms. The summed E-state index contributed by atoms with van der Waals surface area (Å²) >= 11 is 0. The Bertz CT molecular complexity index is 1110. The van der Waals surface area contributed by atoms with Crippen molar-refractivity contribution in [2.24, 2.45) is 0 Å². The van der Waals surface area contributed by atoms with E-state index < -0.39 is 0 Å². The van der Waals surface area contributed by atoms with E-state index in [0.29, 0.717) is 26.1 Å². The molecular formula is C32H42O4. The molecule has 0 bridgehead atoms. The van der Waals surface area contributed by atoms with Gasteiger partial charge in [0.2, 0.25) is 0 Å². The molecular weight excluding hydrogens is 448 g/mol. The van der Waals surface area contributed by atoms with Gasteiger partial charge in [-0.1, -0.05) is 64.1 Å². The van der Waals surface area contributed by atoms with Crippen LogP contribution < -0.4 is 0 Å². The summed E-state index contributed by atoms with van der Waals surface area (Å²) in [5.74, 6) is -0.223. The van der Waals surface area contributed by atoms with Gasteiger partial charge in [-0.25, -0.2) is 0 Å². The molecule has 0 heterocycles. The number of esters is 2. The van der Waals surface area contributed by atoms with Crippen molar-refractivity contribution in [1.82, 2.24) is 0 Å². The molecule has 0 radical (unpaired) electrons. The maximum Gasteiger partial charge on any atom is 0.305 e. The first kappa shape index (κ1) is 27.7. The standard InChI is InChI=1S/C32H42O4/c1-7-35-29(33)11-9-17-31(3,4)27-15-13-23-20-26-22-28(16-14-24(26)19-25(23)21-27)32(5,6)18-10-12-30(34)36-8-2/h13-16,19-22H,7-12,17-18H2,1-6H3. The van der Waals surface area contributed by atoms with Crippen LogP contribution in [0.3, 0.4) is 0 Å². The summed E-state index contributed by atoms with van der Waals surface area (Å²) in [6.45, 7) is 13.6. The molecule has 3 aromatic carbocycles. The van der Waals surface area contributed by atoms with Crippen molar-refractivity contribution in [2.45, 2.75) is 90.9 Å². The predicted octanol–water partition coefficient (Wildman–Crippen LogP) is 8.02. The topological polar surface area (TPSA) is 52.6 Å². The molecule has 194 valence electrons. The molecule has 0 aliphatic heterocycles. The average Bonchev–Trinajstić information content (AvgIpc) is 2.82. The van der Waals surface area contributed by atoms with Gasteiger partial charge in [0.1, 0.15) is 0 Å². The first-order chi connectivity index (χ1) is 17.1. The predicted molar refractivity (Wildman–Crippen MR) is 148 cm³/mol. The molecule has 0 N–H and O–H groups in total. The highest BCUT2D eigenvalue weighted by atomic mass is 16.5. The molecule has 0 unspecified atom stereocenters. The van der Waals surface area contributed by atoms with Crippen LogP contribution in [0.25, 0.3) is 21.5 Å². The van der Waals surface area contributed by atoms with E-state index in [2.05, 4.69) is 76.2 Å². The molecule has 0 aliphatic rings. The molecule has 0 aromatic heterocycles. The summed E-state index contributed by atoms with van der Waals surface area (Å²) < 4.78 is 10.1. The SMILES string of the molecule is CCOC(=O)CCCC(C)(C)c1ccc2cc3cc(C(C)(C)CCCC(=O)OCC)ccc3cc2c1. The highest BCUT2D eigenvalue weighted by Crippen LogP contribution is 2.35. The van der Waals surface area contributed by atoms with E-state index in [1.54, 1.807) is 0 Å². The second-order valence-corrected chi connectivity index (χ2v) is 11.1. The van der Waals surface area contributed by atoms with Crippen LogP contribution in [0.4, 0.5) is 0 Å². The van der Waals surface area contributed by atoms with E-state index in [4.69, 9.17) is 9.47 Å². The normalized spacial score (nSPS) is 12.2. The van der Waals surface area contributed by atoms with Crippen LogP contribution in [0.15, 0.2) is 48.5 Å². The lowest BCUT2D eigenvalue weighted by atomic mass is 9.78. The molecule has 0 saturated heterocycles. The Morgan fingerprint density at radius 3 is 1.36 bits per heavy atom. The Labute approximate surface area is 216 Å². The van der Waals surface area contributed by atoms with Gasteiger partial charge < -0.3 is 9.47 Å². The molecule has 0 saturated carbocycles. The maximum absolute atomic E-state index is 11.7. The molecule has 0 amide bonds. The number of fused-ring (bicyclic) bond motifs is 2. The van der Waals surface area contributed by atoms with Gasteiger partial charge in [0.15, 0.2) is 0 Å². The highest BCUT2D eigenvalue weighted by Gasteiger charge is 2.23.